The van der Waals surface area contributed by atoms with Gasteiger partial charge in [-0.25, -0.2) is 0 Å². The monoisotopic (exact) mass is 332 g/mol. The Balaban J connectivity index is 1.72. The zero-order valence-corrected chi connectivity index (χ0v) is 15.4. The van der Waals surface area contributed by atoms with Gasteiger partial charge in [-0.3, -0.25) is 0 Å². The van der Waals surface area contributed by atoms with Crippen LogP contribution in [0.2, 0.25) is 0 Å². The summed E-state index contributed by atoms with van der Waals surface area (Å²) in [6, 6.07) is 0. The van der Waals surface area contributed by atoms with Crippen molar-refractivity contribution < 1.29 is 14.6 Å². The molecule has 3 nitrogen and oxygen atoms in total. The lowest BCUT2D eigenvalue weighted by Gasteiger charge is -2.16. The summed E-state index contributed by atoms with van der Waals surface area (Å²) in [5, 5.41) is 9.37. The molecule has 0 radical (unpaired) electrons. The minimum absolute atomic E-state index is 0.0221. The van der Waals surface area contributed by atoms with Gasteiger partial charge in [0.25, 0.3) is 0 Å². The van der Waals surface area contributed by atoms with Crippen LogP contribution >= 0.6 is 0 Å². The van der Waals surface area contributed by atoms with Gasteiger partial charge >= 0.3 is 0 Å². The Bertz CT molecular complexity index is 499. The lowest BCUT2D eigenvalue weighted by molar-refractivity contribution is -0.146. The summed E-state index contributed by atoms with van der Waals surface area (Å²) in [7, 11) is 0. The Hall–Kier alpha value is -1.00. The molecule has 3 atom stereocenters. The van der Waals surface area contributed by atoms with Crippen molar-refractivity contribution in [2.75, 3.05) is 0 Å². The number of ether oxygens (including phenoxy) is 2. The van der Waals surface area contributed by atoms with Gasteiger partial charge in [0.1, 0.15) is 6.10 Å². The smallest absolute Gasteiger partial charge is 0.163 e. The summed E-state index contributed by atoms with van der Waals surface area (Å²) < 4.78 is 12.0. The lowest BCUT2D eigenvalue weighted by Crippen LogP contribution is -2.21. The molecule has 0 amide bonds. The molecule has 2 fully saturated rings. The van der Waals surface area contributed by atoms with Gasteiger partial charge in [0, 0.05) is 6.42 Å². The van der Waals surface area contributed by atoms with Crippen molar-refractivity contribution in [1.82, 2.24) is 0 Å². The molecule has 3 heteroatoms. The van der Waals surface area contributed by atoms with Gasteiger partial charge in [-0.05, 0) is 44.4 Å². The van der Waals surface area contributed by atoms with Crippen LogP contribution in [0, 0.1) is 29.6 Å². The Morgan fingerprint density at radius 3 is 2.46 bits per heavy atom. The molecule has 1 heterocycles. The van der Waals surface area contributed by atoms with Crippen LogP contribution < -0.4 is 0 Å². The first-order valence-electron chi connectivity index (χ1n) is 9.52. The third kappa shape index (κ3) is 7.27. The Morgan fingerprint density at radius 1 is 1.04 bits per heavy atom. The molecular weight excluding hydrogens is 300 g/mol. The summed E-state index contributed by atoms with van der Waals surface area (Å²) >= 11 is 0. The van der Waals surface area contributed by atoms with Crippen LogP contribution in [-0.4, -0.2) is 29.2 Å². The number of aliphatic hydroxyl groups is 1. The molecule has 0 spiro atoms. The van der Waals surface area contributed by atoms with E-state index in [1.54, 1.807) is 0 Å². The first kappa shape index (κ1) is 19.3. The van der Waals surface area contributed by atoms with Gasteiger partial charge in [0.05, 0.1) is 12.2 Å². The van der Waals surface area contributed by atoms with E-state index in [0.29, 0.717) is 12.8 Å². The third-order valence-corrected chi connectivity index (χ3v) is 4.66. The molecule has 1 aliphatic carbocycles. The van der Waals surface area contributed by atoms with Gasteiger partial charge in [-0.1, -0.05) is 57.3 Å². The van der Waals surface area contributed by atoms with Crippen LogP contribution in [0.15, 0.2) is 0 Å². The SMILES string of the molecule is CC[C@H](O)C#CC#CC[C@H]1OC(C)(C)O[C@@H]1CCCCCC1CC1. The van der Waals surface area contributed by atoms with E-state index in [0.717, 1.165) is 12.3 Å². The first-order chi connectivity index (χ1) is 11.5. The highest BCUT2D eigenvalue weighted by Crippen LogP contribution is 2.35. The molecular formula is C21H32O3. The highest BCUT2D eigenvalue weighted by Gasteiger charge is 2.40. The molecule has 2 aliphatic rings. The highest BCUT2D eigenvalue weighted by atomic mass is 16.7. The zero-order chi connectivity index (χ0) is 17.4. The predicted octanol–water partition coefficient (Wildman–Crippen LogP) is 4.03. The van der Waals surface area contributed by atoms with E-state index in [9.17, 15) is 5.11 Å². The number of rotatable bonds is 8. The van der Waals surface area contributed by atoms with Gasteiger partial charge in [0.15, 0.2) is 5.79 Å². The molecule has 24 heavy (non-hydrogen) atoms. The number of unbranched alkanes of at least 4 members (excludes halogenated alkanes) is 2. The summed E-state index contributed by atoms with van der Waals surface area (Å²) in [4.78, 5) is 0. The van der Waals surface area contributed by atoms with Crippen LogP contribution in [0.1, 0.15) is 78.6 Å². The van der Waals surface area contributed by atoms with Crippen molar-refractivity contribution in [3.8, 4) is 23.7 Å². The van der Waals surface area contributed by atoms with Crippen molar-refractivity contribution in [3.63, 3.8) is 0 Å². The topological polar surface area (TPSA) is 38.7 Å². The molecule has 2 rings (SSSR count). The van der Waals surface area contributed by atoms with E-state index in [-0.39, 0.29) is 12.2 Å². The first-order valence-corrected chi connectivity index (χ1v) is 9.52. The van der Waals surface area contributed by atoms with Crippen LogP contribution in [0.25, 0.3) is 0 Å². The number of hydrogen-bond acceptors (Lipinski definition) is 3. The summed E-state index contributed by atoms with van der Waals surface area (Å²) in [5.41, 5.74) is 0. The second-order valence-corrected chi connectivity index (χ2v) is 7.49. The van der Waals surface area contributed by atoms with E-state index in [4.69, 9.17) is 9.47 Å². The Labute approximate surface area is 147 Å². The fraction of sp³-hybridized carbons (Fsp3) is 0.810. The van der Waals surface area contributed by atoms with Crippen molar-refractivity contribution in [1.29, 1.82) is 0 Å². The van der Waals surface area contributed by atoms with Crippen LogP contribution in [0.3, 0.4) is 0 Å². The molecule has 1 saturated heterocycles. The average Bonchev–Trinajstić information content (AvgIpc) is 3.30. The normalized spacial score (nSPS) is 26.2. The molecule has 0 aromatic carbocycles. The fourth-order valence-corrected chi connectivity index (χ4v) is 3.11. The maximum atomic E-state index is 9.37. The number of aliphatic hydroxyl groups excluding tert-OH is 1. The maximum absolute atomic E-state index is 9.37. The highest BCUT2D eigenvalue weighted by molar-refractivity contribution is 5.27. The fourth-order valence-electron chi connectivity index (χ4n) is 3.11. The minimum atomic E-state index is -0.576. The van der Waals surface area contributed by atoms with Gasteiger partial charge in [-0.15, -0.1) is 0 Å². The molecule has 1 saturated carbocycles. The summed E-state index contributed by atoms with van der Waals surface area (Å²) in [6.07, 6.45) is 10.0. The molecule has 0 aromatic heterocycles. The minimum Gasteiger partial charge on any atom is -0.380 e. The largest absolute Gasteiger partial charge is 0.380 e. The number of hydrogen-bond donors (Lipinski definition) is 1. The van der Waals surface area contributed by atoms with Crippen molar-refractivity contribution >= 4 is 0 Å². The van der Waals surface area contributed by atoms with Crippen LogP contribution in [0.5, 0.6) is 0 Å². The summed E-state index contributed by atoms with van der Waals surface area (Å²) in [5.74, 6) is 11.8. The third-order valence-electron chi connectivity index (χ3n) is 4.66. The molecule has 134 valence electrons. The summed E-state index contributed by atoms with van der Waals surface area (Å²) in [6.45, 7) is 5.84. The van der Waals surface area contributed by atoms with Crippen LogP contribution in [-0.2, 0) is 9.47 Å². The second-order valence-electron chi connectivity index (χ2n) is 7.49. The van der Waals surface area contributed by atoms with Gasteiger partial charge in [-0.2, -0.15) is 0 Å². The molecule has 1 N–H and O–H groups in total. The quantitative estimate of drug-likeness (QED) is 0.539. The van der Waals surface area contributed by atoms with E-state index < -0.39 is 11.9 Å². The molecule has 0 aromatic rings. The molecule has 0 unspecified atom stereocenters. The lowest BCUT2D eigenvalue weighted by atomic mass is 10.0. The Kier molecular flexibility index (Phi) is 7.63. The standard InChI is InChI=1S/C21H32O3/c1-4-18(22)12-8-6-10-14-20-19(23-21(2,3)24-20)13-9-5-7-11-17-15-16-17/h17-20,22H,4-5,7,9,11,13-16H2,1-3H3/t18-,19+,20+/m0/s1. The van der Waals surface area contributed by atoms with Gasteiger partial charge < -0.3 is 14.6 Å². The van der Waals surface area contributed by atoms with E-state index in [2.05, 4.69) is 23.7 Å². The zero-order valence-electron chi connectivity index (χ0n) is 15.4. The van der Waals surface area contributed by atoms with E-state index >= 15 is 0 Å². The Morgan fingerprint density at radius 2 is 1.75 bits per heavy atom. The molecule has 0 bridgehead atoms. The van der Waals surface area contributed by atoms with E-state index in [1.165, 1.54) is 38.5 Å². The maximum Gasteiger partial charge on any atom is 0.163 e. The van der Waals surface area contributed by atoms with E-state index in [1.807, 2.05) is 20.8 Å². The molecule has 1 aliphatic heterocycles. The van der Waals surface area contributed by atoms with Crippen LogP contribution in [0.4, 0.5) is 0 Å². The van der Waals surface area contributed by atoms with Crippen molar-refractivity contribution in [2.45, 2.75) is 103 Å². The predicted molar refractivity (Wildman–Crippen MR) is 96.1 cm³/mol. The second kappa shape index (κ2) is 9.47. The average molecular weight is 332 g/mol. The van der Waals surface area contributed by atoms with Gasteiger partial charge in [0.2, 0.25) is 0 Å². The van der Waals surface area contributed by atoms with Crippen molar-refractivity contribution in [2.24, 2.45) is 5.92 Å². The van der Waals surface area contributed by atoms with Crippen molar-refractivity contribution in [3.05, 3.63) is 0 Å².